The molecular weight excluding hydrogens is 398 g/mol. The zero-order chi connectivity index (χ0) is 22.7. The lowest BCUT2D eigenvalue weighted by molar-refractivity contribution is 0.171. The number of aromatic nitrogens is 2. The van der Waals surface area contributed by atoms with Crippen LogP contribution in [0.3, 0.4) is 0 Å². The molecular formula is C27H33N3O2. The summed E-state index contributed by atoms with van der Waals surface area (Å²) in [6, 6.07) is 12.5. The maximum atomic E-state index is 5.88. The number of benzene rings is 2. The molecule has 3 aromatic rings. The molecule has 32 heavy (non-hydrogen) atoms. The molecule has 0 amide bonds. The topological polar surface area (TPSA) is 47.5 Å². The van der Waals surface area contributed by atoms with Crippen molar-refractivity contribution < 1.29 is 9.47 Å². The molecule has 0 saturated carbocycles. The van der Waals surface area contributed by atoms with Crippen LogP contribution in [0.5, 0.6) is 11.5 Å². The zero-order valence-corrected chi connectivity index (χ0v) is 19.9. The Morgan fingerprint density at radius 3 is 2.16 bits per heavy atom. The molecule has 0 atom stereocenters. The molecule has 0 radical (unpaired) electrons. The van der Waals surface area contributed by atoms with Gasteiger partial charge in [-0.25, -0.2) is 9.97 Å². The average molecular weight is 432 g/mol. The summed E-state index contributed by atoms with van der Waals surface area (Å²) in [7, 11) is 0. The van der Waals surface area contributed by atoms with Crippen molar-refractivity contribution in [1.29, 1.82) is 0 Å². The largest absolute Gasteiger partial charge is 0.486 e. The molecule has 168 valence electrons. The quantitative estimate of drug-likeness (QED) is 0.450. The standard InChI is InChI=1S/C27H33N3O2/c1-6-13-30(14-7-2)26-20(5)28-27(24-18(3)9-8-10-19(24)4)29-25(26)21-11-12-22-23(17-21)32-16-15-31-22/h8-12,17H,6-7,13-16H2,1-5H3. The maximum Gasteiger partial charge on any atom is 0.162 e. The first-order valence-electron chi connectivity index (χ1n) is 11.6. The van der Waals surface area contributed by atoms with Crippen LogP contribution in [0.2, 0.25) is 0 Å². The van der Waals surface area contributed by atoms with E-state index in [1.165, 1.54) is 11.1 Å². The predicted octanol–water partition coefficient (Wildman–Crippen LogP) is 6.13. The van der Waals surface area contributed by atoms with Gasteiger partial charge in [-0.15, -0.1) is 0 Å². The molecule has 0 unspecified atom stereocenters. The number of nitrogens with zero attached hydrogens (tertiary/aromatic N) is 3. The van der Waals surface area contributed by atoms with E-state index in [0.717, 1.165) is 71.5 Å². The average Bonchev–Trinajstić information content (AvgIpc) is 2.78. The second-order valence-corrected chi connectivity index (χ2v) is 8.44. The van der Waals surface area contributed by atoms with Gasteiger partial charge in [-0.2, -0.15) is 0 Å². The lowest BCUT2D eigenvalue weighted by Gasteiger charge is -2.28. The SMILES string of the molecule is CCCN(CCC)c1c(C)nc(-c2c(C)cccc2C)nc1-c1ccc2c(c1)OCCO2. The van der Waals surface area contributed by atoms with Gasteiger partial charge in [0, 0.05) is 24.2 Å². The molecule has 4 rings (SSSR count). The number of aryl methyl sites for hydroxylation is 3. The Balaban J connectivity index is 1.94. The van der Waals surface area contributed by atoms with Gasteiger partial charge in [-0.3, -0.25) is 0 Å². The lowest BCUT2D eigenvalue weighted by Crippen LogP contribution is -2.27. The van der Waals surface area contributed by atoms with E-state index in [4.69, 9.17) is 19.4 Å². The highest BCUT2D eigenvalue weighted by Crippen LogP contribution is 2.39. The van der Waals surface area contributed by atoms with E-state index in [2.05, 4.69) is 69.9 Å². The first-order chi connectivity index (χ1) is 15.5. The molecule has 0 spiro atoms. The molecule has 5 nitrogen and oxygen atoms in total. The van der Waals surface area contributed by atoms with Crippen LogP contribution in [-0.4, -0.2) is 36.3 Å². The Bertz CT molecular complexity index is 1080. The van der Waals surface area contributed by atoms with Crippen LogP contribution in [0, 0.1) is 20.8 Å². The number of rotatable bonds is 7. The summed E-state index contributed by atoms with van der Waals surface area (Å²) in [6.07, 6.45) is 2.14. The highest BCUT2D eigenvalue weighted by Gasteiger charge is 2.22. The summed E-state index contributed by atoms with van der Waals surface area (Å²) in [4.78, 5) is 12.6. The second kappa shape index (κ2) is 9.60. The van der Waals surface area contributed by atoms with Crippen molar-refractivity contribution in [2.24, 2.45) is 0 Å². The van der Waals surface area contributed by atoms with Crippen molar-refractivity contribution in [2.45, 2.75) is 47.5 Å². The van der Waals surface area contributed by atoms with Crippen LogP contribution < -0.4 is 14.4 Å². The van der Waals surface area contributed by atoms with E-state index in [1.54, 1.807) is 0 Å². The van der Waals surface area contributed by atoms with Crippen molar-refractivity contribution in [3.63, 3.8) is 0 Å². The molecule has 1 aromatic heterocycles. The summed E-state index contributed by atoms with van der Waals surface area (Å²) in [6.45, 7) is 13.9. The van der Waals surface area contributed by atoms with Crippen molar-refractivity contribution in [3.8, 4) is 34.1 Å². The number of hydrogen-bond donors (Lipinski definition) is 0. The van der Waals surface area contributed by atoms with E-state index in [0.29, 0.717) is 13.2 Å². The molecule has 0 saturated heterocycles. The number of fused-ring (bicyclic) bond motifs is 1. The number of anilines is 1. The van der Waals surface area contributed by atoms with Gasteiger partial charge in [0.2, 0.25) is 0 Å². The molecule has 5 heteroatoms. The summed E-state index contributed by atoms with van der Waals surface area (Å²) in [5.74, 6) is 2.35. The fourth-order valence-corrected chi connectivity index (χ4v) is 4.49. The second-order valence-electron chi connectivity index (χ2n) is 8.44. The Morgan fingerprint density at radius 1 is 0.844 bits per heavy atom. The third kappa shape index (κ3) is 4.29. The Kier molecular flexibility index (Phi) is 6.63. The van der Waals surface area contributed by atoms with Crippen LogP contribution in [0.4, 0.5) is 5.69 Å². The molecule has 1 aliphatic rings. The van der Waals surface area contributed by atoms with Crippen LogP contribution in [0.1, 0.15) is 43.5 Å². The van der Waals surface area contributed by atoms with Crippen LogP contribution in [0.15, 0.2) is 36.4 Å². The Morgan fingerprint density at radius 2 is 1.50 bits per heavy atom. The molecule has 0 N–H and O–H groups in total. The van der Waals surface area contributed by atoms with Crippen molar-refractivity contribution >= 4 is 5.69 Å². The van der Waals surface area contributed by atoms with Gasteiger partial charge >= 0.3 is 0 Å². The van der Waals surface area contributed by atoms with Gasteiger partial charge in [-0.1, -0.05) is 32.0 Å². The minimum absolute atomic E-state index is 0.567. The Labute approximate surface area is 191 Å². The van der Waals surface area contributed by atoms with E-state index in [9.17, 15) is 0 Å². The highest BCUT2D eigenvalue weighted by molar-refractivity contribution is 5.81. The maximum absolute atomic E-state index is 5.88. The van der Waals surface area contributed by atoms with E-state index in [-0.39, 0.29) is 0 Å². The molecule has 2 heterocycles. The van der Waals surface area contributed by atoms with Crippen molar-refractivity contribution in [2.75, 3.05) is 31.2 Å². The summed E-state index contributed by atoms with van der Waals surface area (Å²) >= 11 is 0. The third-order valence-electron chi connectivity index (χ3n) is 5.88. The third-order valence-corrected chi connectivity index (χ3v) is 5.88. The van der Waals surface area contributed by atoms with Gasteiger partial charge in [0.05, 0.1) is 17.1 Å². The minimum Gasteiger partial charge on any atom is -0.486 e. The van der Waals surface area contributed by atoms with E-state index in [1.807, 2.05) is 6.07 Å². The fraction of sp³-hybridized carbons (Fsp3) is 0.407. The normalized spacial score (nSPS) is 12.7. The lowest BCUT2D eigenvalue weighted by atomic mass is 10.0. The zero-order valence-electron chi connectivity index (χ0n) is 19.9. The monoisotopic (exact) mass is 431 g/mol. The molecule has 0 bridgehead atoms. The van der Waals surface area contributed by atoms with Gasteiger partial charge in [0.1, 0.15) is 13.2 Å². The highest BCUT2D eigenvalue weighted by atomic mass is 16.6. The van der Waals surface area contributed by atoms with E-state index < -0.39 is 0 Å². The summed E-state index contributed by atoms with van der Waals surface area (Å²) in [5.41, 5.74) is 7.57. The molecule has 1 aliphatic heterocycles. The molecule has 0 aliphatic carbocycles. The number of hydrogen-bond acceptors (Lipinski definition) is 5. The van der Waals surface area contributed by atoms with Crippen LogP contribution >= 0.6 is 0 Å². The Hall–Kier alpha value is -3.08. The van der Waals surface area contributed by atoms with Gasteiger partial charge in [-0.05, 0) is 62.9 Å². The molecule has 2 aromatic carbocycles. The fourth-order valence-electron chi connectivity index (χ4n) is 4.49. The molecule has 0 fully saturated rings. The summed E-state index contributed by atoms with van der Waals surface area (Å²) in [5, 5.41) is 0. The van der Waals surface area contributed by atoms with Gasteiger partial charge in [0.15, 0.2) is 17.3 Å². The van der Waals surface area contributed by atoms with Crippen LogP contribution in [0.25, 0.3) is 22.6 Å². The summed E-state index contributed by atoms with van der Waals surface area (Å²) < 4.78 is 11.6. The first-order valence-corrected chi connectivity index (χ1v) is 11.6. The van der Waals surface area contributed by atoms with E-state index >= 15 is 0 Å². The smallest absolute Gasteiger partial charge is 0.162 e. The minimum atomic E-state index is 0.567. The van der Waals surface area contributed by atoms with Crippen molar-refractivity contribution in [3.05, 3.63) is 53.2 Å². The predicted molar refractivity (Wildman–Crippen MR) is 131 cm³/mol. The van der Waals surface area contributed by atoms with Gasteiger partial charge < -0.3 is 14.4 Å². The van der Waals surface area contributed by atoms with Crippen molar-refractivity contribution in [1.82, 2.24) is 9.97 Å². The number of ether oxygens (including phenoxy) is 2. The first kappa shape index (κ1) is 22.1. The van der Waals surface area contributed by atoms with Gasteiger partial charge in [0.25, 0.3) is 0 Å². The van der Waals surface area contributed by atoms with Crippen LogP contribution in [-0.2, 0) is 0 Å².